The topological polar surface area (TPSA) is 115 Å². The molecule has 43 heavy (non-hydrogen) atoms. The van der Waals surface area contributed by atoms with Crippen LogP contribution in [0.25, 0.3) is 0 Å². The fraction of sp³-hybridized carbons (Fsp3) is 0.543. The van der Waals surface area contributed by atoms with Gasteiger partial charge in [-0.2, -0.15) is 0 Å². The van der Waals surface area contributed by atoms with Crippen LogP contribution in [-0.4, -0.2) is 64.0 Å². The number of rotatable bonds is 11. The Labute approximate surface area is 306 Å². The number of aliphatic hydroxyl groups excluding tert-OH is 1. The molecule has 0 aromatic heterocycles. The van der Waals surface area contributed by atoms with Gasteiger partial charge in [0.15, 0.2) is 0 Å². The first kappa shape index (κ1) is 51.1. The van der Waals surface area contributed by atoms with Gasteiger partial charge in [0.2, 0.25) is 5.91 Å². The zero-order valence-corrected chi connectivity index (χ0v) is 31.4. The van der Waals surface area contributed by atoms with Crippen LogP contribution in [0.3, 0.4) is 0 Å². The minimum atomic E-state index is -0.750. The van der Waals surface area contributed by atoms with Gasteiger partial charge in [-0.3, -0.25) is 9.59 Å². The molecule has 7 nitrogen and oxygen atoms in total. The number of hydrogen-bond donors (Lipinski definition) is 1. The number of likely N-dealkylation sites (N-methyl/N-ethyl adjacent to an activating group) is 2. The van der Waals surface area contributed by atoms with Gasteiger partial charge in [-0.1, -0.05) is 84.2 Å². The van der Waals surface area contributed by atoms with E-state index in [0.29, 0.717) is 30.5 Å². The van der Waals surface area contributed by atoms with Crippen LogP contribution in [0.15, 0.2) is 84.2 Å². The molecule has 242 valence electrons. The Balaban J connectivity index is -0.000000182. The third-order valence-electron chi connectivity index (χ3n) is 6.06. The SMILES string of the molecule is C.C=C/C(C)=C(/C=C/C)C(\O)=C\C(=O)N(CC)CC.C=CCC1C=C(C(=O)N(CC)CC)C=CC1C.CC(C)(C)[O-].O.[K+]. The van der Waals surface area contributed by atoms with Crippen molar-refractivity contribution in [1.82, 2.24) is 9.80 Å². The quantitative estimate of drug-likeness (QED) is 0.124. The van der Waals surface area contributed by atoms with E-state index in [1.165, 1.54) is 6.08 Å². The Bertz CT molecular complexity index is 957. The molecule has 0 aromatic carbocycles. The van der Waals surface area contributed by atoms with E-state index in [1.807, 2.05) is 64.7 Å². The van der Waals surface area contributed by atoms with Crippen molar-refractivity contribution >= 4 is 11.8 Å². The maximum Gasteiger partial charge on any atom is 1.00 e. The molecule has 0 heterocycles. The number of carbonyl (C=O) groups is 2. The number of allylic oxidation sites excluding steroid dienone is 7. The first-order valence-electron chi connectivity index (χ1n) is 14.3. The molecule has 2 atom stereocenters. The Kier molecular flexibility index (Phi) is 33.2. The molecular formula is C35H61KN2O5. The Morgan fingerprint density at radius 3 is 1.88 bits per heavy atom. The average Bonchev–Trinajstić information content (AvgIpc) is 2.89. The van der Waals surface area contributed by atoms with Gasteiger partial charge in [-0.05, 0) is 65.4 Å². The van der Waals surface area contributed by atoms with Crippen LogP contribution in [-0.2, 0) is 9.59 Å². The first-order valence-corrected chi connectivity index (χ1v) is 14.3. The van der Waals surface area contributed by atoms with Crippen LogP contribution in [0, 0.1) is 11.8 Å². The van der Waals surface area contributed by atoms with Gasteiger partial charge in [0.25, 0.3) is 5.91 Å². The smallest absolute Gasteiger partial charge is 0.850 e. The monoisotopic (exact) mass is 628 g/mol. The largest absolute Gasteiger partial charge is 1.00 e. The summed E-state index contributed by atoms with van der Waals surface area (Å²) in [5.41, 5.74) is 1.53. The molecule has 0 spiro atoms. The molecular weight excluding hydrogens is 567 g/mol. The number of nitrogens with zero attached hydrogens (tertiary/aromatic N) is 2. The van der Waals surface area contributed by atoms with E-state index in [1.54, 1.807) is 37.8 Å². The van der Waals surface area contributed by atoms with Crippen LogP contribution in [0.4, 0.5) is 0 Å². The average molecular weight is 629 g/mol. The second kappa shape index (κ2) is 28.0. The van der Waals surface area contributed by atoms with Crippen LogP contribution in [0.2, 0.25) is 0 Å². The van der Waals surface area contributed by atoms with Gasteiger partial charge < -0.3 is 25.5 Å². The molecule has 0 aliphatic heterocycles. The zero-order chi connectivity index (χ0) is 31.5. The van der Waals surface area contributed by atoms with Gasteiger partial charge in [0.1, 0.15) is 5.76 Å². The second-order valence-corrected chi connectivity index (χ2v) is 10.5. The number of hydrogen-bond acceptors (Lipinski definition) is 4. The van der Waals surface area contributed by atoms with Crippen molar-refractivity contribution in [3.8, 4) is 0 Å². The summed E-state index contributed by atoms with van der Waals surface area (Å²) in [5.74, 6) is 0.833. The van der Waals surface area contributed by atoms with Gasteiger partial charge >= 0.3 is 51.4 Å². The van der Waals surface area contributed by atoms with Crippen LogP contribution < -0.4 is 56.5 Å². The van der Waals surface area contributed by atoms with Crippen molar-refractivity contribution in [3.05, 3.63) is 84.2 Å². The van der Waals surface area contributed by atoms with E-state index in [-0.39, 0.29) is 81.9 Å². The standard InChI is InChI=1S/C15H23NO2.C15H23NO.C4H9O.CH4.K.H2O/c1-6-10-13(12(5)7-2)14(17)11-15(18)16(8-3)9-4;1-5-8-13-11-14(10-9-12(13)4)15(17)16(6-2)7-3;1-4(2,3)5;;;/h6-7,10-11,17H,2,8-9H2,1,3-5H3;5,9-13H,1,6-8H2,2-4H3;1-3H3;1H4;;1H2/q;;-1;;+1;/b10-6+,13-12-,14-11-;;;;;. The van der Waals surface area contributed by atoms with E-state index in [4.69, 9.17) is 0 Å². The number of amides is 2. The van der Waals surface area contributed by atoms with E-state index in [0.717, 1.165) is 30.7 Å². The second-order valence-electron chi connectivity index (χ2n) is 10.5. The fourth-order valence-electron chi connectivity index (χ4n) is 3.66. The maximum absolute atomic E-state index is 12.2. The summed E-state index contributed by atoms with van der Waals surface area (Å²) in [7, 11) is 0. The van der Waals surface area contributed by atoms with Crippen molar-refractivity contribution in [2.24, 2.45) is 11.8 Å². The summed E-state index contributed by atoms with van der Waals surface area (Å²) >= 11 is 0. The normalized spacial score (nSPS) is 16.2. The van der Waals surface area contributed by atoms with Gasteiger partial charge in [-0.25, -0.2) is 0 Å². The third kappa shape index (κ3) is 22.6. The van der Waals surface area contributed by atoms with Crippen LogP contribution >= 0.6 is 0 Å². The summed E-state index contributed by atoms with van der Waals surface area (Å²) < 4.78 is 0. The Morgan fingerprint density at radius 2 is 1.51 bits per heavy atom. The number of aliphatic hydroxyl groups is 1. The molecule has 0 saturated heterocycles. The predicted molar refractivity (Wildman–Crippen MR) is 179 cm³/mol. The molecule has 0 aromatic rings. The summed E-state index contributed by atoms with van der Waals surface area (Å²) in [4.78, 5) is 27.6. The van der Waals surface area contributed by atoms with Crippen molar-refractivity contribution < 1.29 is 76.7 Å². The third-order valence-corrected chi connectivity index (χ3v) is 6.06. The summed E-state index contributed by atoms with van der Waals surface area (Å²) in [6.07, 6.45) is 15.5. The Morgan fingerprint density at radius 1 is 1.05 bits per heavy atom. The Hall–Kier alpha value is -1.52. The van der Waals surface area contributed by atoms with E-state index >= 15 is 0 Å². The molecule has 2 unspecified atom stereocenters. The molecule has 0 radical (unpaired) electrons. The van der Waals surface area contributed by atoms with Crippen molar-refractivity contribution in [2.45, 2.75) is 88.7 Å². The van der Waals surface area contributed by atoms with Crippen LogP contribution in [0.1, 0.15) is 83.1 Å². The van der Waals surface area contributed by atoms with E-state index < -0.39 is 5.60 Å². The summed E-state index contributed by atoms with van der Waals surface area (Å²) in [5, 5.41) is 20.1. The molecule has 3 N–H and O–H groups in total. The molecule has 0 bridgehead atoms. The molecule has 0 fully saturated rings. The molecule has 2 amide bonds. The van der Waals surface area contributed by atoms with Crippen LogP contribution in [0.5, 0.6) is 0 Å². The summed E-state index contributed by atoms with van der Waals surface area (Å²) in [6.45, 7) is 28.8. The van der Waals surface area contributed by atoms with Gasteiger partial charge in [0, 0.05) is 43.4 Å². The van der Waals surface area contributed by atoms with E-state index in [2.05, 4.69) is 32.2 Å². The van der Waals surface area contributed by atoms with Crippen molar-refractivity contribution in [1.29, 1.82) is 0 Å². The molecule has 0 saturated carbocycles. The molecule has 8 heteroatoms. The van der Waals surface area contributed by atoms with Crippen molar-refractivity contribution in [2.75, 3.05) is 26.2 Å². The zero-order valence-electron chi connectivity index (χ0n) is 28.3. The van der Waals surface area contributed by atoms with Gasteiger partial charge in [-0.15, -0.1) is 12.2 Å². The van der Waals surface area contributed by atoms with Crippen molar-refractivity contribution in [3.63, 3.8) is 0 Å². The number of carbonyl (C=O) groups excluding carboxylic acids is 2. The molecule has 1 aliphatic rings. The maximum atomic E-state index is 12.2. The minimum Gasteiger partial charge on any atom is -0.850 e. The van der Waals surface area contributed by atoms with Gasteiger partial charge in [0.05, 0.1) is 0 Å². The minimum absolute atomic E-state index is 0. The molecule has 1 aliphatic carbocycles. The summed E-state index contributed by atoms with van der Waals surface area (Å²) in [6, 6.07) is 0. The molecule has 1 rings (SSSR count). The first-order chi connectivity index (χ1) is 18.6. The van der Waals surface area contributed by atoms with E-state index in [9.17, 15) is 19.8 Å². The fourth-order valence-corrected chi connectivity index (χ4v) is 3.66. The predicted octanol–water partition coefficient (Wildman–Crippen LogP) is 3.52.